The number of hydrogen-bond acceptors (Lipinski definition) is 2. The number of nitrogens with one attached hydrogen (secondary N) is 1. The smallest absolute Gasteiger partial charge is 0.340 e. The molecule has 2 aromatic rings. The van der Waals surface area contributed by atoms with Gasteiger partial charge in [-0.15, -0.1) is 0 Å². The van der Waals surface area contributed by atoms with Gasteiger partial charge in [-0.25, -0.2) is 4.79 Å². The van der Waals surface area contributed by atoms with Crippen LogP contribution in [0.3, 0.4) is 0 Å². The zero-order chi connectivity index (χ0) is 14.9. The van der Waals surface area contributed by atoms with Gasteiger partial charge < -0.3 is 9.72 Å². The van der Waals surface area contributed by atoms with Gasteiger partial charge in [0.05, 0.1) is 12.7 Å². The Bertz CT molecular complexity index is 627. The molecule has 0 spiro atoms. The summed E-state index contributed by atoms with van der Waals surface area (Å²) in [4.78, 5) is 15.2. The number of benzene rings is 1. The number of ether oxygens (including phenoxy) is 1. The Morgan fingerprint density at radius 3 is 2.35 bits per heavy atom. The Morgan fingerprint density at radius 2 is 1.85 bits per heavy atom. The molecule has 0 saturated heterocycles. The second-order valence-electron chi connectivity index (χ2n) is 4.73. The summed E-state index contributed by atoms with van der Waals surface area (Å²) < 4.78 is 4.88. The lowest BCUT2D eigenvalue weighted by Crippen LogP contribution is -2.06. The second kappa shape index (κ2) is 5.90. The fourth-order valence-corrected chi connectivity index (χ4v) is 2.77. The molecule has 0 aliphatic carbocycles. The zero-order valence-corrected chi connectivity index (χ0v) is 13.0. The van der Waals surface area contributed by atoms with Gasteiger partial charge in [0.1, 0.15) is 0 Å². The van der Waals surface area contributed by atoms with E-state index in [2.05, 4.69) is 4.98 Å². The number of aromatic amines is 1. The summed E-state index contributed by atoms with van der Waals surface area (Å²) in [6, 6.07) is 5.25. The lowest BCUT2D eigenvalue weighted by atomic mass is 9.98. The highest BCUT2D eigenvalue weighted by atomic mass is 35.5. The van der Waals surface area contributed by atoms with Crippen molar-refractivity contribution in [2.45, 2.75) is 19.8 Å². The van der Waals surface area contributed by atoms with Crippen LogP contribution in [0.25, 0.3) is 11.1 Å². The third kappa shape index (κ3) is 2.56. The molecule has 0 atom stereocenters. The van der Waals surface area contributed by atoms with E-state index >= 15 is 0 Å². The minimum atomic E-state index is -0.402. The molecule has 1 aromatic heterocycles. The van der Waals surface area contributed by atoms with Crippen LogP contribution in [0.15, 0.2) is 24.4 Å². The van der Waals surface area contributed by atoms with Crippen molar-refractivity contribution >= 4 is 29.2 Å². The first-order valence-electron chi connectivity index (χ1n) is 6.21. The molecule has 3 nitrogen and oxygen atoms in total. The number of aromatic nitrogens is 1. The minimum absolute atomic E-state index is 0.152. The van der Waals surface area contributed by atoms with Crippen LogP contribution in [0.1, 0.15) is 35.8 Å². The molecule has 20 heavy (non-hydrogen) atoms. The van der Waals surface area contributed by atoms with Crippen molar-refractivity contribution in [2.24, 2.45) is 0 Å². The molecule has 0 unspecified atom stereocenters. The molecule has 106 valence electrons. The lowest BCUT2D eigenvalue weighted by Gasteiger charge is -2.10. The molecule has 1 aromatic carbocycles. The van der Waals surface area contributed by atoms with Crippen molar-refractivity contribution in [2.75, 3.05) is 7.11 Å². The first-order valence-corrected chi connectivity index (χ1v) is 6.97. The van der Waals surface area contributed by atoms with Gasteiger partial charge in [-0.1, -0.05) is 43.1 Å². The van der Waals surface area contributed by atoms with Crippen molar-refractivity contribution in [1.29, 1.82) is 0 Å². The highest BCUT2D eigenvalue weighted by Gasteiger charge is 2.24. The zero-order valence-electron chi connectivity index (χ0n) is 11.5. The largest absolute Gasteiger partial charge is 0.465 e. The van der Waals surface area contributed by atoms with Gasteiger partial charge in [0, 0.05) is 33.1 Å². The van der Waals surface area contributed by atoms with E-state index in [-0.39, 0.29) is 5.92 Å². The summed E-state index contributed by atoms with van der Waals surface area (Å²) in [6.07, 6.45) is 1.74. The van der Waals surface area contributed by atoms with Crippen molar-refractivity contribution in [1.82, 2.24) is 4.98 Å². The van der Waals surface area contributed by atoms with Crippen LogP contribution in [0, 0.1) is 0 Å². The van der Waals surface area contributed by atoms with Gasteiger partial charge in [-0.3, -0.25) is 0 Å². The number of hydrogen-bond donors (Lipinski definition) is 1. The van der Waals surface area contributed by atoms with Crippen LogP contribution in [0.5, 0.6) is 0 Å². The van der Waals surface area contributed by atoms with Crippen LogP contribution in [-0.4, -0.2) is 18.1 Å². The molecule has 0 aliphatic rings. The highest BCUT2D eigenvalue weighted by molar-refractivity contribution is 6.39. The van der Waals surface area contributed by atoms with Crippen LogP contribution in [-0.2, 0) is 4.74 Å². The molecule has 1 N–H and O–H groups in total. The van der Waals surface area contributed by atoms with E-state index in [4.69, 9.17) is 27.9 Å². The number of methoxy groups -OCH3 is 1. The Kier molecular flexibility index (Phi) is 4.41. The average Bonchev–Trinajstić information content (AvgIpc) is 2.82. The maximum absolute atomic E-state index is 12.1. The van der Waals surface area contributed by atoms with E-state index < -0.39 is 5.97 Å². The molecule has 0 aliphatic heterocycles. The predicted octanol–water partition coefficient (Wildman–Crippen LogP) is 4.90. The highest BCUT2D eigenvalue weighted by Crippen LogP contribution is 2.39. The summed E-state index contributed by atoms with van der Waals surface area (Å²) in [6.45, 7) is 3.99. The van der Waals surface area contributed by atoms with E-state index in [0.29, 0.717) is 26.7 Å². The Balaban J connectivity index is 2.72. The molecule has 0 amide bonds. The lowest BCUT2D eigenvalue weighted by molar-refractivity contribution is 0.0600. The maximum atomic E-state index is 12.1. The van der Waals surface area contributed by atoms with Gasteiger partial charge >= 0.3 is 5.97 Å². The Morgan fingerprint density at radius 1 is 1.25 bits per heavy atom. The summed E-state index contributed by atoms with van der Waals surface area (Å²) in [7, 11) is 1.36. The van der Waals surface area contributed by atoms with Gasteiger partial charge in [-0.2, -0.15) is 0 Å². The molecule has 0 radical (unpaired) electrons. The molecule has 1 heterocycles. The summed E-state index contributed by atoms with van der Waals surface area (Å²) in [5, 5.41) is 0.994. The molecular formula is C15H15Cl2NO2. The fraction of sp³-hybridized carbons (Fsp3) is 0.267. The van der Waals surface area contributed by atoms with E-state index in [1.165, 1.54) is 7.11 Å². The first kappa shape index (κ1) is 14.9. The molecule has 5 heteroatoms. The van der Waals surface area contributed by atoms with Crippen LogP contribution in [0.2, 0.25) is 10.0 Å². The Labute approximate surface area is 127 Å². The van der Waals surface area contributed by atoms with E-state index in [1.807, 2.05) is 13.8 Å². The first-order chi connectivity index (χ1) is 9.47. The molecule has 0 saturated carbocycles. The minimum Gasteiger partial charge on any atom is -0.465 e. The quantitative estimate of drug-likeness (QED) is 0.819. The summed E-state index contributed by atoms with van der Waals surface area (Å²) in [5.74, 6) is -0.250. The SMILES string of the molecule is COC(=O)c1c(-c2c(Cl)cccc2Cl)c[nH]c1C(C)C. The van der Waals surface area contributed by atoms with Crippen LogP contribution in [0.4, 0.5) is 0 Å². The molecular weight excluding hydrogens is 297 g/mol. The molecule has 0 bridgehead atoms. The number of carbonyl (C=O) groups is 1. The maximum Gasteiger partial charge on any atom is 0.340 e. The topological polar surface area (TPSA) is 42.1 Å². The Hall–Kier alpha value is -1.45. The van der Waals surface area contributed by atoms with Crippen molar-refractivity contribution in [3.05, 3.63) is 45.7 Å². The van der Waals surface area contributed by atoms with E-state index in [0.717, 1.165) is 5.69 Å². The third-order valence-electron chi connectivity index (χ3n) is 3.11. The van der Waals surface area contributed by atoms with Gasteiger partial charge in [0.2, 0.25) is 0 Å². The number of halogens is 2. The summed E-state index contributed by atoms with van der Waals surface area (Å²) in [5.41, 5.74) is 2.59. The average molecular weight is 312 g/mol. The molecule has 2 rings (SSSR count). The summed E-state index contributed by atoms with van der Waals surface area (Å²) >= 11 is 12.4. The van der Waals surface area contributed by atoms with Crippen molar-refractivity contribution in [3.63, 3.8) is 0 Å². The fourth-order valence-electron chi connectivity index (χ4n) is 2.17. The number of H-pyrrole nitrogens is 1. The standard InChI is InChI=1S/C15H15Cl2NO2/c1-8(2)14-13(15(19)20-3)9(7-18-14)12-10(16)5-4-6-11(12)17/h4-8,18H,1-3H3. The van der Waals surface area contributed by atoms with Crippen LogP contribution >= 0.6 is 23.2 Å². The number of carbonyl (C=O) groups excluding carboxylic acids is 1. The van der Waals surface area contributed by atoms with Gasteiger partial charge in [0.15, 0.2) is 0 Å². The van der Waals surface area contributed by atoms with E-state index in [9.17, 15) is 4.79 Å². The normalized spacial score (nSPS) is 10.9. The predicted molar refractivity (Wildman–Crippen MR) is 81.7 cm³/mol. The number of rotatable bonds is 3. The van der Waals surface area contributed by atoms with E-state index in [1.54, 1.807) is 24.4 Å². The number of esters is 1. The van der Waals surface area contributed by atoms with Gasteiger partial charge in [0.25, 0.3) is 0 Å². The van der Waals surface area contributed by atoms with Crippen molar-refractivity contribution < 1.29 is 9.53 Å². The monoisotopic (exact) mass is 311 g/mol. The van der Waals surface area contributed by atoms with Crippen molar-refractivity contribution in [3.8, 4) is 11.1 Å². The third-order valence-corrected chi connectivity index (χ3v) is 3.74. The van der Waals surface area contributed by atoms with Gasteiger partial charge in [-0.05, 0) is 18.1 Å². The van der Waals surface area contributed by atoms with Crippen LogP contribution < -0.4 is 0 Å². The second-order valence-corrected chi connectivity index (χ2v) is 5.55. The molecule has 0 fully saturated rings.